The Morgan fingerprint density at radius 2 is 1.31 bits per heavy atom. The third-order valence-corrected chi connectivity index (χ3v) is 4.65. The fourth-order valence-corrected chi connectivity index (χ4v) is 2.70. The van der Waals surface area contributed by atoms with Crippen LogP contribution in [0.15, 0.2) is 19.0 Å². The first-order valence-electron chi connectivity index (χ1n) is 3.79. The number of carbonyl (C=O) groups is 2. The minimum atomic E-state index is -1.26. The quantitative estimate of drug-likeness (QED) is 0.624. The fourth-order valence-electron chi connectivity index (χ4n) is 1.05. The maximum absolute atomic E-state index is 11.8. The van der Waals surface area contributed by atoms with E-state index in [2.05, 4.69) is 47.8 Å². The molecule has 0 aliphatic heterocycles. The zero-order valence-corrected chi connectivity index (χ0v) is 12.2. The van der Waals surface area contributed by atoms with Crippen LogP contribution in [0.1, 0.15) is 0 Å². The van der Waals surface area contributed by atoms with E-state index in [0.29, 0.717) is 0 Å². The van der Waals surface area contributed by atoms with Crippen LogP contribution in [0.3, 0.4) is 0 Å². The van der Waals surface area contributed by atoms with Gasteiger partial charge >= 0.3 is 0 Å². The summed E-state index contributed by atoms with van der Waals surface area (Å²) in [6, 6.07) is 3.31. The highest BCUT2D eigenvalue weighted by Gasteiger charge is 2.35. The van der Waals surface area contributed by atoms with Crippen LogP contribution in [0.25, 0.3) is 0 Å². The van der Waals surface area contributed by atoms with Gasteiger partial charge < -0.3 is 0 Å². The molecule has 7 heteroatoms. The van der Waals surface area contributed by atoms with E-state index in [1.807, 2.05) is 0 Å². The number of hydrogen-bond acceptors (Lipinski definition) is 4. The number of nitriles is 2. The van der Waals surface area contributed by atoms with Crippen molar-refractivity contribution in [3.8, 4) is 12.1 Å². The average Bonchev–Trinajstić information content (AvgIpc) is 2.29. The van der Waals surface area contributed by atoms with Gasteiger partial charge in [0, 0.05) is 0 Å². The van der Waals surface area contributed by atoms with Crippen molar-refractivity contribution in [3.05, 3.63) is 19.0 Å². The Balaban J connectivity index is 3.43. The van der Waals surface area contributed by atoms with Crippen LogP contribution in [-0.4, -0.2) is 11.6 Å². The maximum Gasteiger partial charge on any atom is 0.208 e. The SMILES string of the molecule is N#CC(C#N)C1=C(Br)C(=O)C(Br)=C(Br)C1=O. The van der Waals surface area contributed by atoms with Gasteiger partial charge in [-0.1, -0.05) is 0 Å². The molecule has 16 heavy (non-hydrogen) atoms. The summed E-state index contributed by atoms with van der Waals surface area (Å²) < 4.78 is 0.0367. The lowest BCUT2D eigenvalue weighted by atomic mass is 9.93. The van der Waals surface area contributed by atoms with Gasteiger partial charge in [0.1, 0.15) is 0 Å². The topological polar surface area (TPSA) is 81.7 Å². The normalized spacial score (nSPS) is 16.6. The Hall–Kier alpha value is -0.760. The number of allylic oxidation sites excluding steroid dienone is 4. The van der Waals surface area contributed by atoms with Crippen LogP contribution >= 0.6 is 47.8 Å². The van der Waals surface area contributed by atoms with Crippen molar-refractivity contribution in [1.82, 2.24) is 0 Å². The predicted octanol–water partition coefficient (Wildman–Crippen LogP) is 2.45. The van der Waals surface area contributed by atoms with E-state index in [-0.39, 0.29) is 19.0 Å². The number of Topliss-reactive ketones (excluding diaryl/α,β-unsaturated/α-hetero) is 2. The van der Waals surface area contributed by atoms with Crippen LogP contribution in [0, 0.1) is 28.6 Å². The summed E-state index contributed by atoms with van der Waals surface area (Å²) >= 11 is 8.83. The molecule has 0 radical (unpaired) electrons. The van der Waals surface area contributed by atoms with E-state index >= 15 is 0 Å². The van der Waals surface area contributed by atoms with Gasteiger partial charge in [-0.05, 0) is 47.8 Å². The number of carbonyl (C=O) groups excluding carboxylic acids is 2. The maximum atomic E-state index is 11.8. The summed E-state index contributed by atoms with van der Waals surface area (Å²) in [6.45, 7) is 0. The van der Waals surface area contributed by atoms with Gasteiger partial charge in [-0.15, -0.1) is 0 Å². The number of ketones is 2. The van der Waals surface area contributed by atoms with Crippen LogP contribution < -0.4 is 0 Å². The fraction of sp³-hybridized carbons (Fsp3) is 0.111. The minimum Gasteiger partial charge on any atom is -0.288 e. The highest BCUT2D eigenvalue weighted by molar-refractivity contribution is 9.15. The van der Waals surface area contributed by atoms with Crippen LogP contribution in [0.2, 0.25) is 0 Å². The highest BCUT2D eigenvalue weighted by atomic mass is 79.9. The van der Waals surface area contributed by atoms with Crippen LogP contribution in [0.4, 0.5) is 0 Å². The summed E-state index contributed by atoms with van der Waals surface area (Å²) in [5.74, 6) is -2.29. The lowest BCUT2D eigenvalue weighted by Crippen LogP contribution is -2.21. The summed E-state index contributed by atoms with van der Waals surface area (Å²) in [5, 5.41) is 17.4. The lowest BCUT2D eigenvalue weighted by molar-refractivity contribution is -0.115. The molecule has 0 aromatic heterocycles. The molecule has 0 aromatic carbocycles. The summed E-state index contributed by atoms with van der Waals surface area (Å²) in [6.07, 6.45) is 0. The molecular weight excluding hydrogens is 408 g/mol. The predicted molar refractivity (Wildman–Crippen MR) is 65.6 cm³/mol. The molecule has 1 rings (SSSR count). The van der Waals surface area contributed by atoms with E-state index in [1.54, 1.807) is 12.1 Å². The first-order valence-corrected chi connectivity index (χ1v) is 6.17. The molecule has 4 nitrogen and oxygen atoms in total. The molecule has 0 atom stereocenters. The van der Waals surface area contributed by atoms with Crippen molar-refractivity contribution in [2.45, 2.75) is 0 Å². The van der Waals surface area contributed by atoms with Gasteiger partial charge in [-0.25, -0.2) is 0 Å². The van der Waals surface area contributed by atoms with E-state index in [9.17, 15) is 9.59 Å². The first-order chi connectivity index (χ1) is 7.45. The van der Waals surface area contributed by atoms with Gasteiger partial charge in [0.15, 0.2) is 5.92 Å². The number of halogens is 3. The molecule has 1 aliphatic carbocycles. The molecule has 0 bridgehead atoms. The zero-order valence-electron chi connectivity index (χ0n) is 7.42. The Morgan fingerprint density at radius 3 is 1.75 bits per heavy atom. The second-order valence-electron chi connectivity index (χ2n) is 2.71. The van der Waals surface area contributed by atoms with E-state index in [0.717, 1.165) is 0 Å². The molecule has 0 amide bonds. The molecule has 0 aromatic rings. The Labute approximate surface area is 116 Å². The molecule has 0 spiro atoms. The number of nitrogens with zero attached hydrogens (tertiary/aromatic N) is 2. The molecule has 0 unspecified atom stereocenters. The van der Waals surface area contributed by atoms with E-state index < -0.39 is 17.5 Å². The van der Waals surface area contributed by atoms with Crippen LogP contribution in [0.5, 0.6) is 0 Å². The molecule has 80 valence electrons. The van der Waals surface area contributed by atoms with E-state index in [4.69, 9.17) is 10.5 Å². The smallest absolute Gasteiger partial charge is 0.208 e. The number of rotatable bonds is 1. The average molecular weight is 409 g/mol. The Morgan fingerprint density at radius 1 is 0.875 bits per heavy atom. The van der Waals surface area contributed by atoms with Crippen molar-refractivity contribution < 1.29 is 9.59 Å². The monoisotopic (exact) mass is 406 g/mol. The third kappa shape index (κ3) is 2.03. The standard InChI is InChI=1S/C9HBr3N2O2/c10-5-4(3(1-13)2-14)8(15)6(11)7(12)9(5)16/h3H. The van der Waals surface area contributed by atoms with Gasteiger partial charge in [0.05, 0.1) is 31.2 Å². The van der Waals surface area contributed by atoms with Gasteiger partial charge in [-0.2, -0.15) is 10.5 Å². The third-order valence-electron chi connectivity index (χ3n) is 1.82. The Kier molecular flexibility index (Phi) is 4.20. The van der Waals surface area contributed by atoms with Gasteiger partial charge in [-0.3, -0.25) is 9.59 Å². The first kappa shape index (κ1) is 13.3. The molecule has 1 aliphatic rings. The second-order valence-corrected chi connectivity index (χ2v) is 5.08. The van der Waals surface area contributed by atoms with Crippen LogP contribution in [-0.2, 0) is 9.59 Å². The molecule has 0 N–H and O–H groups in total. The van der Waals surface area contributed by atoms with Crippen molar-refractivity contribution in [1.29, 1.82) is 10.5 Å². The molecule has 0 saturated heterocycles. The molecule has 0 fully saturated rings. The van der Waals surface area contributed by atoms with Gasteiger partial charge in [0.25, 0.3) is 0 Å². The van der Waals surface area contributed by atoms with Crippen molar-refractivity contribution in [3.63, 3.8) is 0 Å². The number of hydrogen-bond donors (Lipinski definition) is 0. The zero-order chi connectivity index (χ0) is 12.5. The largest absolute Gasteiger partial charge is 0.288 e. The van der Waals surface area contributed by atoms with Gasteiger partial charge in [0.2, 0.25) is 11.6 Å². The minimum absolute atomic E-state index is 0.0196. The highest BCUT2D eigenvalue weighted by Crippen LogP contribution is 2.36. The molecule has 0 heterocycles. The Bertz CT molecular complexity index is 520. The van der Waals surface area contributed by atoms with E-state index in [1.165, 1.54) is 0 Å². The molecule has 0 saturated carbocycles. The second kappa shape index (κ2) is 5.05. The summed E-state index contributed by atoms with van der Waals surface area (Å²) in [5.41, 5.74) is -0.134. The molecular formula is C9HBr3N2O2. The lowest BCUT2D eigenvalue weighted by Gasteiger charge is -2.15. The summed E-state index contributed by atoms with van der Waals surface area (Å²) in [7, 11) is 0. The summed E-state index contributed by atoms with van der Waals surface area (Å²) in [4.78, 5) is 23.4. The van der Waals surface area contributed by atoms with Crippen molar-refractivity contribution >= 4 is 59.4 Å². The van der Waals surface area contributed by atoms with Crippen molar-refractivity contribution in [2.24, 2.45) is 5.92 Å². The van der Waals surface area contributed by atoms with Crippen molar-refractivity contribution in [2.75, 3.05) is 0 Å².